The Morgan fingerprint density at radius 1 is 1.14 bits per heavy atom. The standard InChI is InChI=1S/C21H16F5N7O3.ClH/c22-12-7-10(18(34)35)1-2-14(12)29-16-15-13(23)8-33(17(15)28-9-27-16)11-3-5-32(6-4-11)20-30-19(36-31-20)21(24,25)26;/h1-2,7-9,11H,3-6H2,(H,34,35)(H,27,28,29);1H. The monoisotopic (exact) mass is 545 g/mol. The quantitative estimate of drug-likeness (QED) is 0.340. The van der Waals surface area contributed by atoms with Crippen LogP contribution in [0.4, 0.5) is 39.4 Å². The number of aromatic nitrogens is 5. The van der Waals surface area contributed by atoms with Gasteiger partial charge in [-0.25, -0.2) is 23.5 Å². The van der Waals surface area contributed by atoms with Gasteiger partial charge in [-0.15, -0.1) is 12.4 Å². The van der Waals surface area contributed by atoms with Crippen LogP contribution >= 0.6 is 12.4 Å². The summed E-state index contributed by atoms with van der Waals surface area (Å²) in [4.78, 5) is 24.1. The van der Waals surface area contributed by atoms with Crippen LogP contribution in [0, 0.1) is 11.6 Å². The third-order valence-corrected chi connectivity index (χ3v) is 5.83. The summed E-state index contributed by atoms with van der Waals surface area (Å²) in [6.45, 7) is 0.584. The van der Waals surface area contributed by atoms with Crippen molar-refractivity contribution in [3.8, 4) is 0 Å². The summed E-state index contributed by atoms with van der Waals surface area (Å²) in [5.41, 5.74) is -0.103. The molecule has 1 aliphatic rings. The number of piperidine rings is 1. The Bertz CT molecular complexity index is 1450. The number of hydrogen-bond acceptors (Lipinski definition) is 8. The molecule has 0 amide bonds. The van der Waals surface area contributed by atoms with Gasteiger partial charge in [-0.1, -0.05) is 0 Å². The molecule has 0 atom stereocenters. The number of rotatable bonds is 5. The summed E-state index contributed by atoms with van der Waals surface area (Å²) in [5.74, 6) is -4.42. The highest BCUT2D eigenvalue weighted by Crippen LogP contribution is 2.34. The molecule has 4 heterocycles. The van der Waals surface area contributed by atoms with Crippen LogP contribution < -0.4 is 10.2 Å². The normalized spacial score (nSPS) is 14.6. The highest BCUT2D eigenvalue weighted by Gasteiger charge is 2.39. The van der Waals surface area contributed by atoms with Crippen LogP contribution in [0.25, 0.3) is 11.0 Å². The molecule has 0 bridgehead atoms. The first-order chi connectivity index (χ1) is 17.1. The first-order valence-electron chi connectivity index (χ1n) is 10.6. The van der Waals surface area contributed by atoms with E-state index in [2.05, 4.69) is 29.9 Å². The molecule has 0 unspecified atom stereocenters. The molecule has 1 fully saturated rings. The minimum atomic E-state index is -4.74. The second-order valence-corrected chi connectivity index (χ2v) is 8.05. The smallest absolute Gasteiger partial charge is 0.471 e. The Morgan fingerprint density at radius 3 is 2.49 bits per heavy atom. The Kier molecular flexibility index (Phi) is 6.90. The molecule has 2 N–H and O–H groups in total. The molecule has 5 rings (SSSR count). The number of hydrogen-bond donors (Lipinski definition) is 2. The summed E-state index contributed by atoms with van der Waals surface area (Å²) < 4.78 is 73.5. The van der Waals surface area contributed by atoms with Crippen LogP contribution in [-0.4, -0.2) is 48.8 Å². The van der Waals surface area contributed by atoms with E-state index in [1.165, 1.54) is 24.7 Å². The summed E-state index contributed by atoms with van der Waals surface area (Å²) in [6, 6.07) is 3.00. The fourth-order valence-corrected chi connectivity index (χ4v) is 4.09. The van der Waals surface area contributed by atoms with Crippen molar-refractivity contribution in [3.05, 3.63) is 53.8 Å². The lowest BCUT2D eigenvalue weighted by atomic mass is 10.1. The zero-order chi connectivity index (χ0) is 25.6. The van der Waals surface area contributed by atoms with Gasteiger partial charge in [-0.05, 0) is 36.2 Å². The van der Waals surface area contributed by atoms with E-state index in [1.54, 1.807) is 9.47 Å². The van der Waals surface area contributed by atoms with E-state index < -0.39 is 29.7 Å². The minimum absolute atomic E-state index is 0. The number of benzene rings is 1. The number of carboxylic acid groups (broad SMARTS) is 1. The molecule has 1 saturated heterocycles. The van der Waals surface area contributed by atoms with E-state index in [1.807, 2.05) is 0 Å². The fourth-order valence-electron chi connectivity index (χ4n) is 4.09. The lowest BCUT2D eigenvalue weighted by Crippen LogP contribution is -2.35. The van der Waals surface area contributed by atoms with Crippen molar-refractivity contribution in [2.45, 2.75) is 25.1 Å². The van der Waals surface area contributed by atoms with Gasteiger partial charge in [0.25, 0.3) is 5.95 Å². The van der Waals surface area contributed by atoms with Crippen LogP contribution in [0.5, 0.6) is 0 Å². The largest absolute Gasteiger partial charge is 0.478 e. The van der Waals surface area contributed by atoms with E-state index in [0.717, 1.165) is 6.07 Å². The predicted molar refractivity (Wildman–Crippen MR) is 121 cm³/mol. The number of aromatic carboxylic acids is 1. The first-order valence-corrected chi connectivity index (χ1v) is 10.6. The van der Waals surface area contributed by atoms with Crippen molar-refractivity contribution in [1.82, 2.24) is 24.7 Å². The van der Waals surface area contributed by atoms with Gasteiger partial charge in [-0.3, -0.25) is 0 Å². The van der Waals surface area contributed by atoms with Crippen molar-refractivity contribution in [1.29, 1.82) is 0 Å². The molecule has 0 aliphatic carbocycles. The van der Waals surface area contributed by atoms with Crippen molar-refractivity contribution in [3.63, 3.8) is 0 Å². The maximum atomic E-state index is 15.0. The van der Waals surface area contributed by atoms with E-state index in [4.69, 9.17) is 5.11 Å². The van der Waals surface area contributed by atoms with Crippen molar-refractivity contribution in [2.24, 2.45) is 0 Å². The molecule has 0 spiro atoms. The second-order valence-electron chi connectivity index (χ2n) is 8.05. The molecule has 4 aromatic rings. The number of nitrogens with one attached hydrogen (secondary N) is 1. The summed E-state index contributed by atoms with van der Waals surface area (Å²) in [5, 5.41) is 15.1. The molecular weight excluding hydrogens is 529 g/mol. The van der Waals surface area contributed by atoms with E-state index >= 15 is 0 Å². The second kappa shape index (κ2) is 9.80. The average molecular weight is 546 g/mol. The fraction of sp³-hybridized carbons (Fsp3) is 0.286. The Labute approximate surface area is 210 Å². The van der Waals surface area contributed by atoms with Gasteiger partial charge in [0.05, 0.1) is 16.6 Å². The molecule has 3 aromatic heterocycles. The Morgan fingerprint density at radius 2 is 1.86 bits per heavy atom. The number of halogens is 6. The lowest BCUT2D eigenvalue weighted by Gasteiger charge is -2.31. The van der Waals surface area contributed by atoms with Gasteiger partial charge in [0, 0.05) is 25.3 Å². The summed E-state index contributed by atoms with van der Waals surface area (Å²) in [6.07, 6.45) is -1.46. The highest BCUT2D eigenvalue weighted by molar-refractivity contribution is 5.91. The van der Waals surface area contributed by atoms with Gasteiger partial charge >= 0.3 is 18.0 Å². The zero-order valence-electron chi connectivity index (χ0n) is 18.5. The molecule has 37 heavy (non-hydrogen) atoms. The molecule has 1 aromatic carbocycles. The van der Waals surface area contributed by atoms with Gasteiger partial charge in [0.15, 0.2) is 5.82 Å². The number of anilines is 3. The van der Waals surface area contributed by atoms with Crippen molar-refractivity contribution in [2.75, 3.05) is 23.3 Å². The highest BCUT2D eigenvalue weighted by atomic mass is 35.5. The van der Waals surface area contributed by atoms with Gasteiger partial charge in [-0.2, -0.15) is 18.2 Å². The van der Waals surface area contributed by atoms with Crippen LogP contribution in [0.2, 0.25) is 0 Å². The maximum absolute atomic E-state index is 15.0. The lowest BCUT2D eigenvalue weighted by molar-refractivity contribution is -0.159. The third kappa shape index (κ3) is 4.98. The third-order valence-electron chi connectivity index (χ3n) is 5.83. The zero-order valence-corrected chi connectivity index (χ0v) is 19.4. The maximum Gasteiger partial charge on any atom is 0.471 e. The van der Waals surface area contributed by atoms with Crippen LogP contribution in [0.15, 0.2) is 35.2 Å². The predicted octanol–water partition coefficient (Wildman–Crippen LogP) is 4.82. The van der Waals surface area contributed by atoms with Crippen LogP contribution in [0.1, 0.15) is 35.1 Å². The molecular formula is C21H17ClF5N7O3. The summed E-state index contributed by atoms with van der Waals surface area (Å²) >= 11 is 0. The number of fused-ring (bicyclic) bond motifs is 1. The van der Waals surface area contributed by atoms with E-state index in [0.29, 0.717) is 25.9 Å². The minimum Gasteiger partial charge on any atom is -0.478 e. The van der Waals surface area contributed by atoms with Crippen molar-refractivity contribution >= 4 is 46.9 Å². The number of nitrogens with zero attached hydrogens (tertiary/aromatic N) is 6. The molecule has 0 saturated carbocycles. The number of alkyl halides is 3. The molecule has 16 heteroatoms. The van der Waals surface area contributed by atoms with Crippen LogP contribution in [-0.2, 0) is 6.18 Å². The average Bonchev–Trinajstić information content (AvgIpc) is 3.46. The van der Waals surface area contributed by atoms with Gasteiger partial charge < -0.3 is 24.4 Å². The van der Waals surface area contributed by atoms with Crippen molar-refractivity contribution < 1.29 is 36.4 Å². The molecule has 196 valence electrons. The summed E-state index contributed by atoms with van der Waals surface area (Å²) in [7, 11) is 0. The number of carboxylic acids is 1. The molecule has 1 aliphatic heterocycles. The van der Waals surface area contributed by atoms with E-state index in [9.17, 15) is 26.7 Å². The SMILES string of the molecule is Cl.O=C(O)c1ccc(Nc2ncnc3c2c(F)cn3C2CCN(c3noc(C(F)(F)F)n3)CC2)c(F)c1. The van der Waals surface area contributed by atoms with Gasteiger partial charge in [0.2, 0.25) is 0 Å². The molecule has 0 radical (unpaired) electrons. The molecule has 10 nitrogen and oxygen atoms in total. The van der Waals surface area contributed by atoms with Gasteiger partial charge in [0.1, 0.15) is 23.6 Å². The van der Waals surface area contributed by atoms with Crippen LogP contribution in [0.3, 0.4) is 0 Å². The Balaban J connectivity index is 0.00000320. The topological polar surface area (TPSA) is 122 Å². The first kappa shape index (κ1) is 26.1. The number of carbonyl (C=O) groups is 1. The van der Waals surface area contributed by atoms with E-state index in [-0.39, 0.29) is 52.5 Å². The Hall–Kier alpha value is -4.01.